The zero-order valence-electron chi connectivity index (χ0n) is 18.6. The van der Waals surface area contributed by atoms with Gasteiger partial charge in [-0.15, -0.1) is 10.6 Å². The second-order valence-corrected chi connectivity index (χ2v) is 7.70. The van der Waals surface area contributed by atoms with Gasteiger partial charge in [-0.25, -0.2) is 25.5 Å². The van der Waals surface area contributed by atoms with Crippen LogP contribution in [0.25, 0.3) is 10.9 Å². The predicted octanol–water partition coefficient (Wildman–Crippen LogP) is 2.12. The summed E-state index contributed by atoms with van der Waals surface area (Å²) < 4.78 is 10.9. The number of pyridine rings is 2. The molecule has 1 aliphatic rings. The van der Waals surface area contributed by atoms with E-state index in [0.717, 1.165) is 5.39 Å². The molecule has 0 unspecified atom stereocenters. The molecule has 12 nitrogen and oxygen atoms in total. The van der Waals surface area contributed by atoms with E-state index in [-0.39, 0.29) is 8.45 Å². The van der Waals surface area contributed by atoms with Crippen molar-refractivity contribution in [3.8, 4) is 5.88 Å². The fourth-order valence-corrected chi connectivity index (χ4v) is 2.96. The summed E-state index contributed by atoms with van der Waals surface area (Å²) in [5.41, 5.74) is 7.15. The van der Waals surface area contributed by atoms with Crippen LogP contribution >= 0.6 is 0 Å². The maximum Gasteiger partial charge on any atom is 0.238 e. The highest BCUT2D eigenvalue weighted by atomic mass is 16.5. The van der Waals surface area contributed by atoms with Crippen molar-refractivity contribution >= 4 is 34.2 Å². The highest BCUT2D eigenvalue weighted by Gasteiger charge is 2.19. The Morgan fingerprint density at radius 3 is 2.72 bits per heavy atom. The Balaban J connectivity index is 0.00000204. The van der Waals surface area contributed by atoms with Gasteiger partial charge in [-0.1, -0.05) is 0 Å². The number of nitrogens with zero attached hydrogens (tertiary/aromatic N) is 6. The highest BCUT2D eigenvalue weighted by Crippen LogP contribution is 2.27. The Labute approximate surface area is 188 Å². The molecule has 0 amide bonds. The van der Waals surface area contributed by atoms with Gasteiger partial charge in [-0.2, -0.15) is 0 Å². The zero-order valence-corrected chi connectivity index (χ0v) is 18.6. The molecule has 0 aromatic carbocycles. The summed E-state index contributed by atoms with van der Waals surface area (Å²) in [5, 5.41) is 13.2. The molecule has 12 heteroatoms. The number of ether oxygens (including phenoxy) is 2. The van der Waals surface area contributed by atoms with Gasteiger partial charge < -0.3 is 20.1 Å². The number of fused-ring (bicyclic) bond motifs is 1. The number of hydrazone groups is 1. The lowest BCUT2D eigenvalue weighted by molar-refractivity contribution is 0.0343. The average Bonchev–Trinajstić information content (AvgIpc) is 3.23. The van der Waals surface area contributed by atoms with Crippen LogP contribution in [0.1, 0.15) is 22.4 Å². The van der Waals surface area contributed by atoms with E-state index in [1.165, 1.54) is 0 Å². The second kappa shape index (κ2) is 8.77. The Morgan fingerprint density at radius 1 is 1.16 bits per heavy atom. The van der Waals surface area contributed by atoms with E-state index in [9.17, 15) is 0 Å². The summed E-state index contributed by atoms with van der Waals surface area (Å²) in [4.78, 5) is 18.1. The van der Waals surface area contributed by atoms with Crippen molar-refractivity contribution in [1.82, 2.24) is 36.0 Å². The van der Waals surface area contributed by atoms with E-state index in [1.807, 2.05) is 39.1 Å². The summed E-state index contributed by atoms with van der Waals surface area (Å²) in [7, 11) is 5.06. The van der Waals surface area contributed by atoms with Crippen molar-refractivity contribution in [2.45, 2.75) is 19.4 Å². The minimum absolute atomic E-state index is 0. The third-order valence-corrected chi connectivity index (χ3v) is 4.96. The monoisotopic (exact) mass is 442 g/mol. The molecule has 0 aliphatic carbocycles. The van der Waals surface area contributed by atoms with Gasteiger partial charge in [0.2, 0.25) is 11.8 Å². The zero-order chi connectivity index (χ0) is 22.7. The Morgan fingerprint density at radius 2 is 2.00 bits per heavy atom. The molecule has 0 fully saturated rings. The van der Waals surface area contributed by atoms with Crippen LogP contribution in [0, 0.1) is 0 Å². The van der Waals surface area contributed by atoms with Crippen molar-refractivity contribution in [3.05, 3.63) is 36.3 Å². The molecule has 0 bridgehead atoms. The molecule has 0 saturated heterocycles. The molecule has 0 atom stereocenters. The number of hydrogen-bond acceptors (Lipinski definition) is 12. The molecule has 1 aliphatic heterocycles. The maximum absolute atomic E-state index is 5.48. The Kier molecular flexibility index (Phi) is 5.88. The van der Waals surface area contributed by atoms with Crippen LogP contribution in [0.3, 0.4) is 0 Å². The summed E-state index contributed by atoms with van der Waals surface area (Å²) in [6, 6.07) is 5.54. The van der Waals surface area contributed by atoms with Crippen LogP contribution in [-0.4, -0.2) is 64.2 Å². The first-order valence-electron chi connectivity index (χ1n) is 9.95. The number of anilines is 3. The quantitative estimate of drug-likeness (QED) is 0.409. The number of methoxy groups -OCH3 is 2. The van der Waals surface area contributed by atoms with Gasteiger partial charge in [0.1, 0.15) is 16.9 Å². The first-order valence-corrected chi connectivity index (χ1v) is 9.95. The smallest absolute Gasteiger partial charge is 0.238 e. The van der Waals surface area contributed by atoms with E-state index in [4.69, 9.17) is 9.47 Å². The Hall–Kier alpha value is -3.77. The number of nitrogens with one attached hydrogen (secondary N) is 4. The highest BCUT2D eigenvalue weighted by molar-refractivity contribution is 5.97. The third kappa shape index (κ3) is 4.45. The number of hydrazine groups is 2. The average molecular weight is 443 g/mol. The van der Waals surface area contributed by atoms with Crippen molar-refractivity contribution in [1.29, 1.82) is 0 Å². The van der Waals surface area contributed by atoms with Gasteiger partial charge in [0.05, 0.1) is 12.7 Å². The van der Waals surface area contributed by atoms with E-state index in [2.05, 4.69) is 46.7 Å². The Bertz CT molecular complexity index is 1160. The molecule has 3 aromatic rings. The van der Waals surface area contributed by atoms with E-state index >= 15 is 0 Å². The molecular weight excluding hydrogens is 412 g/mol. The summed E-state index contributed by atoms with van der Waals surface area (Å²) in [6.45, 7) is 4.57. The molecule has 0 saturated carbocycles. The minimum atomic E-state index is -0.346. The maximum atomic E-state index is 5.48. The van der Waals surface area contributed by atoms with Crippen LogP contribution in [0.2, 0.25) is 0 Å². The van der Waals surface area contributed by atoms with Crippen LogP contribution in [0.5, 0.6) is 5.88 Å². The normalized spacial score (nSPS) is 13.7. The van der Waals surface area contributed by atoms with Crippen molar-refractivity contribution in [3.63, 3.8) is 0 Å². The van der Waals surface area contributed by atoms with Crippen LogP contribution in [0.15, 0.2) is 35.7 Å². The van der Waals surface area contributed by atoms with Crippen molar-refractivity contribution in [2.75, 3.05) is 38.4 Å². The molecule has 0 spiro atoms. The second-order valence-electron chi connectivity index (χ2n) is 7.70. The SMILES string of the molecule is COc1nc(C2=NNNN2C)ccc1Nc1ncc2ccnc(NCC(C)(C)OC)c2n1.[HH].[HH]. The minimum Gasteiger partial charge on any atom is -0.479 e. The molecule has 4 N–H and O–H groups in total. The number of rotatable bonds is 8. The number of amidine groups is 1. The molecule has 32 heavy (non-hydrogen) atoms. The van der Waals surface area contributed by atoms with Gasteiger partial charge in [-0.3, -0.25) is 5.01 Å². The fraction of sp³-hybridized carbons (Fsp3) is 0.350. The lowest BCUT2D eigenvalue weighted by Gasteiger charge is -2.23. The topological polar surface area (TPSA) is 134 Å². The lowest BCUT2D eigenvalue weighted by Crippen LogP contribution is -2.37. The fourth-order valence-electron chi connectivity index (χ4n) is 2.96. The summed E-state index contributed by atoms with van der Waals surface area (Å²) >= 11 is 0. The molecule has 0 radical (unpaired) electrons. The van der Waals surface area contributed by atoms with Crippen LogP contribution < -0.4 is 26.4 Å². The van der Waals surface area contributed by atoms with Gasteiger partial charge >= 0.3 is 0 Å². The standard InChI is InChI=1S/C20H26N10O2.2H2/c1-20(2,32-5)11-23-16-15-12(8-9-21-16)10-22-19(26-15)25-14-7-6-13(24-18(14)31-4)17-27-28-29-30(17)3;;/h6-10,28-29H,11H2,1-5H3,(H,21,23)(H,22,25,26);2*1H. The number of hydrogen-bond donors (Lipinski definition) is 4. The third-order valence-electron chi connectivity index (χ3n) is 4.96. The lowest BCUT2D eigenvalue weighted by atomic mass is 10.1. The largest absolute Gasteiger partial charge is 0.479 e. The van der Waals surface area contributed by atoms with E-state index in [1.54, 1.807) is 31.6 Å². The van der Waals surface area contributed by atoms with Gasteiger partial charge in [0.15, 0.2) is 11.7 Å². The number of aromatic nitrogens is 4. The van der Waals surface area contributed by atoms with Gasteiger partial charge in [0, 0.05) is 41.3 Å². The molecular formula is C20H30N10O2. The van der Waals surface area contributed by atoms with E-state index in [0.29, 0.717) is 46.9 Å². The van der Waals surface area contributed by atoms with Crippen LogP contribution in [-0.2, 0) is 4.74 Å². The van der Waals surface area contributed by atoms with Crippen molar-refractivity contribution in [2.24, 2.45) is 5.10 Å². The molecule has 3 aromatic heterocycles. The van der Waals surface area contributed by atoms with Crippen molar-refractivity contribution < 1.29 is 12.3 Å². The molecule has 172 valence electrons. The molecule has 4 rings (SSSR count). The molecule has 4 heterocycles. The predicted molar refractivity (Wildman–Crippen MR) is 126 cm³/mol. The van der Waals surface area contributed by atoms with Crippen LogP contribution in [0.4, 0.5) is 17.5 Å². The first kappa shape index (κ1) is 21.5. The van der Waals surface area contributed by atoms with E-state index < -0.39 is 0 Å². The summed E-state index contributed by atoms with van der Waals surface area (Å²) in [5.74, 6) is 2.07. The van der Waals surface area contributed by atoms with Gasteiger partial charge in [-0.05, 0) is 32.0 Å². The first-order chi connectivity index (χ1) is 15.4. The van der Waals surface area contributed by atoms with Gasteiger partial charge in [0.25, 0.3) is 0 Å². The summed E-state index contributed by atoms with van der Waals surface area (Å²) in [6.07, 6.45) is 3.46.